The second-order valence-electron chi connectivity index (χ2n) is 3.87. The average Bonchev–Trinajstić information content (AvgIpc) is 2.78. The lowest BCUT2D eigenvalue weighted by molar-refractivity contribution is 0.587. The first-order chi connectivity index (χ1) is 8.20. The van der Waals surface area contributed by atoms with Crippen LogP contribution in [0.1, 0.15) is 25.6 Å². The van der Waals surface area contributed by atoms with Crippen LogP contribution < -0.4 is 5.32 Å². The molecule has 1 aromatic heterocycles. The zero-order valence-electron chi connectivity index (χ0n) is 9.90. The molecule has 1 aromatic carbocycles. The molecule has 2 aromatic rings. The molecule has 0 spiro atoms. The summed E-state index contributed by atoms with van der Waals surface area (Å²) in [5.74, 6) is 0. The molecule has 2 rings (SSSR count). The molecule has 0 aliphatic rings. The van der Waals surface area contributed by atoms with Crippen molar-refractivity contribution in [2.45, 2.75) is 19.9 Å². The minimum absolute atomic E-state index is 0.296. The maximum atomic E-state index is 5.98. The maximum absolute atomic E-state index is 5.98. The van der Waals surface area contributed by atoms with E-state index in [1.165, 1.54) is 0 Å². The van der Waals surface area contributed by atoms with Crippen molar-refractivity contribution in [3.8, 4) is 10.6 Å². The van der Waals surface area contributed by atoms with Gasteiger partial charge in [-0.05, 0) is 25.6 Å². The lowest BCUT2D eigenvalue weighted by atomic mass is 10.2. The van der Waals surface area contributed by atoms with Gasteiger partial charge in [0.05, 0.1) is 5.69 Å². The Bertz CT molecular complexity index is 496. The van der Waals surface area contributed by atoms with Crippen LogP contribution in [-0.4, -0.2) is 11.5 Å². The molecule has 1 N–H and O–H groups in total. The first-order valence-electron chi connectivity index (χ1n) is 5.65. The largest absolute Gasteiger partial charge is 0.309 e. The van der Waals surface area contributed by atoms with E-state index in [9.17, 15) is 0 Å². The zero-order chi connectivity index (χ0) is 12.3. The van der Waals surface area contributed by atoms with Gasteiger partial charge >= 0.3 is 0 Å². The van der Waals surface area contributed by atoms with Gasteiger partial charge < -0.3 is 5.32 Å². The summed E-state index contributed by atoms with van der Waals surface area (Å²) >= 11 is 7.63. The number of thiazole rings is 1. The number of nitrogens with zero attached hydrogens (tertiary/aromatic N) is 1. The summed E-state index contributed by atoms with van der Waals surface area (Å²) in [7, 11) is 0. The van der Waals surface area contributed by atoms with Gasteiger partial charge in [-0.25, -0.2) is 4.98 Å². The second kappa shape index (κ2) is 5.63. The van der Waals surface area contributed by atoms with Gasteiger partial charge in [-0.15, -0.1) is 11.3 Å². The monoisotopic (exact) mass is 266 g/mol. The molecule has 0 amide bonds. The number of hydrogen-bond donors (Lipinski definition) is 1. The minimum atomic E-state index is 0.296. The van der Waals surface area contributed by atoms with Crippen LogP contribution in [0, 0.1) is 0 Å². The molecule has 1 atom stereocenters. The molecule has 2 nitrogen and oxygen atoms in total. The van der Waals surface area contributed by atoms with Gasteiger partial charge in [0.15, 0.2) is 0 Å². The second-order valence-corrected chi connectivity index (χ2v) is 5.16. The van der Waals surface area contributed by atoms with Crippen LogP contribution in [0.15, 0.2) is 29.6 Å². The number of nitrogens with one attached hydrogen (secondary N) is 1. The van der Waals surface area contributed by atoms with Gasteiger partial charge in [-0.2, -0.15) is 0 Å². The Balaban J connectivity index is 2.23. The Kier molecular flexibility index (Phi) is 4.15. The third-order valence-corrected chi connectivity index (χ3v) is 3.69. The minimum Gasteiger partial charge on any atom is -0.309 e. The van der Waals surface area contributed by atoms with E-state index in [0.29, 0.717) is 6.04 Å². The lowest BCUT2D eigenvalue weighted by Gasteiger charge is -2.08. The van der Waals surface area contributed by atoms with E-state index in [4.69, 9.17) is 11.6 Å². The van der Waals surface area contributed by atoms with Crippen LogP contribution in [0.5, 0.6) is 0 Å². The Morgan fingerprint density at radius 3 is 3.00 bits per heavy atom. The van der Waals surface area contributed by atoms with Crippen LogP contribution in [0.2, 0.25) is 5.02 Å². The number of rotatable bonds is 4. The molecule has 0 bridgehead atoms. The highest BCUT2D eigenvalue weighted by atomic mass is 35.5. The van der Waals surface area contributed by atoms with Crippen molar-refractivity contribution in [2.24, 2.45) is 0 Å². The van der Waals surface area contributed by atoms with E-state index in [-0.39, 0.29) is 0 Å². The molecule has 0 radical (unpaired) electrons. The topological polar surface area (TPSA) is 24.9 Å². The number of aromatic nitrogens is 1. The molecular formula is C13H15ClN2S. The predicted molar refractivity (Wildman–Crippen MR) is 74.7 cm³/mol. The predicted octanol–water partition coefficient (Wildman–Crippen LogP) is 4.13. The summed E-state index contributed by atoms with van der Waals surface area (Å²) in [4.78, 5) is 4.64. The van der Waals surface area contributed by atoms with E-state index in [1.54, 1.807) is 11.3 Å². The first kappa shape index (κ1) is 12.6. The van der Waals surface area contributed by atoms with Crippen molar-refractivity contribution >= 4 is 22.9 Å². The molecule has 0 aliphatic heterocycles. The summed E-state index contributed by atoms with van der Waals surface area (Å²) in [5.41, 5.74) is 2.17. The van der Waals surface area contributed by atoms with Gasteiger partial charge in [0, 0.05) is 22.0 Å². The number of benzene rings is 1. The quantitative estimate of drug-likeness (QED) is 0.900. The molecule has 4 heteroatoms. The van der Waals surface area contributed by atoms with Gasteiger partial charge in [-0.3, -0.25) is 0 Å². The van der Waals surface area contributed by atoms with Crippen molar-refractivity contribution in [3.05, 3.63) is 40.4 Å². The summed E-state index contributed by atoms with van der Waals surface area (Å²) in [6.45, 7) is 5.17. The van der Waals surface area contributed by atoms with Crippen molar-refractivity contribution in [1.29, 1.82) is 0 Å². The molecule has 0 saturated heterocycles. The summed E-state index contributed by atoms with van der Waals surface area (Å²) in [6, 6.07) is 8.10. The zero-order valence-corrected chi connectivity index (χ0v) is 11.5. The third-order valence-electron chi connectivity index (χ3n) is 2.55. The fraction of sp³-hybridized carbons (Fsp3) is 0.308. The van der Waals surface area contributed by atoms with Crippen LogP contribution in [0.25, 0.3) is 10.6 Å². The smallest absolute Gasteiger partial charge is 0.123 e. The molecule has 0 fully saturated rings. The molecular weight excluding hydrogens is 252 g/mol. The van der Waals surface area contributed by atoms with E-state index >= 15 is 0 Å². The summed E-state index contributed by atoms with van der Waals surface area (Å²) in [5, 5.41) is 7.23. The molecule has 0 saturated carbocycles. The summed E-state index contributed by atoms with van der Waals surface area (Å²) in [6.07, 6.45) is 0. The Labute approximate surface area is 111 Å². The van der Waals surface area contributed by atoms with Crippen LogP contribution in [-0.2, 0) is 0 Å². The fourth-order valence-electron chi connectivity index (χ4n) is 1.65. The van der Waals surface area contributed by atoms with Gasteiger partial charge in [-0.1, -0.05) is 30.7 Å². The van der Waals surface area contributed by atoms with Crippen LogP contribution in [0.3, 0.4) is 0 Å². The van der Waals surface area contributed by atoms with Gasteiger partial charge in [0.25, 0.3) is 0 Å². The van der Waals surface area contributed by atoms with Gasteiger partial charge in [0.2, 0.25) is 0 Å². The fourth-order valence-corrected chi connectivity index (χ4v) is 2.75. The number of halogens is 1. The SMILES string of the molecule is CCNC(C)c1csc(-c2cccc(Cl)c2)n1. The Morgan fingerprint density at radius 2 is 2.29 bits per heavy atom. The molecule has 90 valence electrons. The lowest BCUT2D eigenvalue weighted by Crippen LogP contribution is -2.17. The van der Waals surface area contributed by atoms with Crippen molar-refractivity contribution in [3.63, 3.8) is 0 Å². The van der Waals surface area contributed by atoms with Gasteiger partial charge in [0.1, 0.15) is 5.01 Å². The van der Waals surface area contributed by atoms with E-state index in [2.05, 4.69) is 29.5 Å². The van der Waals surface area contributed by atoms with E-state index in [1.807, 2.05) is 24.3 Å². The summed E-state index contributed by atoms with van der Waals surface area (Å²) < 4.78 is 0. The van der Waals surface area contributed by atoms with Crippen molar-refractivity contribution < 1.29 is 0 Å². The molecule has 1 heterocycles. The normalized spacial score (nSPS) is 12.6. The first-order valence-corrected chi connectivity index (χ1v) is 6.91. The van der Waals surface area contributed by atoms with Crippen molar-refractivity contribution in [2.75, 3.05) is 6.54 Å². The Hall–Kier alpha value is -0.900. The van der Waals surface area contributed by atoms with Crippen LogP contribution in [0.4, 0.5) is 0 Å². The maximum Gasteiger partial charge on any atom is 0.123 e. The highest BCUT2D eigenvalue weighted by Crippen LogP contribution is 2.27. The van der Waals surface area contributed by atoms with Crippen molar-refractivity contribution in [1.82, 2.24) is 10.3 Å². The number of hydrogen-bond acceptors (Lipinski definition) is 3. The van der Waals surface area contributed by atoms with Crippen LogP contribution >= 0.6 is 22.9 Å². The molecule has 17 heavy (non-hydrogen) atoms. The highest BCUT2D eigenvalue weighted by Gasteiger charge is 2.10. The highest BCUT2D eigenvalue weighted by molar-refractivity contribution is 7.13. The van der Waals surface area contributed by atoms with E-state index in [0.717, 1.165) is 27.8 Å². The standard InChI is InChI=1S/C13H15ClN2S/c1-3-15-9(2)12-8-17-13(16-12)10-5-4-6-11(14)7-10/h4-9,15H,3H2,1-2H3. The Morgan fingerprint density at radius 1 is 1.47 bits per heavy atom. The third kappa shape index (κ3) is 3.06. The average molecular weight is 267 g/mol. The van der Waals surface area contributed by atoms with E-state index < -0.39 is 0 Å². The molecule has 0 aliphatic carbocycles. The molecule has 1 unspecified atom stereocenters.